The monoisotopic (exact) mass is 251 g/mol. The van der Waals surface area contributed by atoms with Crippen LogP contribution in [-0.2, 0) is 11.2 Å². The summed E-state index contributed by atoms with van der Waals surface area (Å²) in [5.74, 6) is 4.56. The number of rotatable bonds is 3. The summed E-state index contributed by atoms with van der Waals surface area (Å²) in [6.45, 7) is 1.63. The predicted molar refractivity (Wildman–Crippen MR) is 62.7 cm³/mol. The smallest absolute Gasteiger partial charge is 0.322 e. The zero-order valence-corrected chi connectivity index (χ0v) is 9.94. The first kappa shape index (κ1) is 12.5. The summed E-state index contributed by atoms with van der Waals surface area (Å²) in [7, 11) is 0. The molecule has 1 saturated heterocycles. The van der Waals surface area contributed by atoms with Gasteiger partial charge in [0.1, 0.15) is 11.4 Å². The number of hydrogen-bond acceptors (Lipinski definition) is 3. The Bertz CT molecular complexity index is 489. The second kappa shape index (κ2) is 4.38. The van der Waals surface area contributed by atoms with Gasteiger partial charge >= 0.3 is 6.03 Å². The summed E-state index contributed by atoms with van der Waals surface area (Å²) in [6, 6.07) is 5.44. The summed E-state index contributed by atoms with van der Waals surface area (Å²) in [5.41, 5.74) is -0.0876. The van der Waals surface area contributed by atoms with E-state index in [-0.39, 0.29) is 5.82 Å². The lowest BCUT2D eigenvalue weighted by Crippen LogP contribution is -2.45. The van der Waals surface area contributed by atoms with Gasteiger partial charge in [0, 0.05) is 0 Å². The SMILES string of the molecule is CC1(CCc2ccc(F)cc2)NC(=O)N(N)C1=O. The molecule has 1 heterocycles. The van der Waals surface area contributed by atoms with E-state index in [1.807, 2.05) is 0 Å². The number of carbonyl (C=O) groups excluding carboxylic acids is 2. The average Bonchev–Trinajstić information content (AvgIpc) is 2.53. The third kappa shape index (κ3) is 2.19. The molecule has 3 amide bonds. The Morgan fingerprint density at radius 1 is 1.33 bits per heavy atom. The van der Waals surface area contributed by atoms with Crippen molar-refractivity contribution in [1.82, 2.24) is 10.3 Å². The first-order valence-corrected chi connectivity index (χ1v) is 5.58. The molecule has 1 aromatic carbocycles. The van der Waals surface area contributed by atoms with Crippen molar-refractivity contribution in [2.24, 2.45) is 5.84 Å². The molecule has 18 heavy (non-hydrogen) atoms. The van der Waals surface area contributed by atoms with E-state index in [1.54, 1.807) is 19.1 Å². The maximum absolute atomic E-state index is 12.7. The molecule has 1 aliphatic rings. The second-order valence-corrected chi connectivity index (χ2v) is 4.56. The van der Waals surface area contributed by atoms with E-state index in [1.165, 1.54) is 12.1 Å². The van der Waals surface area contributed by atoms with Crippen molar-refractivity contribution >= 4 is 11.9 Å². The molecule has 1 atom stereocenters. The topological polar surface area (TPSA) is 75.4 Å². The summed E-state index contributed by atoms with van der Waals surface area (Å²) in [6.07, 6.45) is 0.966. The van der Waals surface area contributed by atoms with Crippen molar-refractivity contribution in [1.29, 1.82) is 0 Å². The molecule has 5 nitrogen and oxygen atoms in total. The first-order valence-electron chi connectivity index (χ1n) is 5.58. The van der Waals surface area contributed by atoms with Crippen molar-refractivity contribution in [3.63, 3.8) is 0 Å². The highest BCUT2D eigenvalue weighted by atomic mass is 19.1. The van der Waals surface area contributed by atoms with Gasteiger partial charge in [-0.25, -0.2) is 15.0 Å². The van der Waals surface area contributed by atoms with Crippen LogP contribution in [0.25, 0.3) is 0 Å². The van der Waals surface area contributed by atoms with E-state index in [0.29, 0.717) is 17.9 Å². The van der Waals surface area contributed by atoms with Gasteiger partial charge in [0.25, 0.3) is 5.91 Å². The second-order valence-electron chi connectivity index (χ2n) is 4.56. The van der Waals surface area contributed by atoms with Gasteiger partial charge in [-0.1, -0.05) is 12.1 Å². The van der Waals surface area contributed by atoms with Crippen LogP contribution in [0.4, 0.5) is 9.18 Å². The third-order valence-corrected chi connectivity index (χ3v) is 3.12. The molecular weight excluding hydrogens is 237 g/mol. The van der Waals surface area contributed by atoms with Crippen LogP contribution in [0.15, 0.2) is 24.3 Å². The van der Waals surface area contributed by atoms with Crippen LogP contribution in [0.2, 0.25) is 0 Å². The fourth-order valence-corrected chi connectivity index (χ4v) is 1.92. The molecule has 0 bridgehead atoms. The van der Waals surface area contributed by atoms with E-state index in [9.17, 15) is 14.0 Å². The van der Waals surface area contributed by atoms with Crippen LogP contribution < -0.4 is 11.2 Å². The molecule has 0 spiro atoms. The zero-order valence-electron chi connectivity index (χ0n) is 9.94. The molecule has 3 N–H and O–H groups in total. The maximum Gasteiger partial charge on any atom is 0.339 e. The summed E-state index contributed by atoms with van der Waals surface area (Å²) >= 11 is 0. The molecular formula is C12H14FN3O2. The van der Waals surface area contributed by atoms with Crippen molar-refractivity contribution in [2.75, 3.05) is 0 Å². The van der Waals surface area contributed by atoms with E-state index in [4.69, 9.17) is 5.84 Å². The van der Waals surface area contributed by atoms with Gasteiger partial charge < -0.3 is 5.32 Å². The number of benzene rings is 1. The lowest BCUT2D eigenvalue weighted by molar-refractivity contribution is -0.131. The minimum Gasteiger partial charge on any atom is -0.322 e. The number of nitrogens with zero attached hydrogens (tertiary/aromatic N) is 1. The van der Waals surface area contributed by atoms with E-state index in [2.05, 4.69) is 5.32 Å². The van der Waals surface area contributed by atoms with Crippen molar-refractivity contribution in [3.05, 3.63) is 35.6 Å². The number of nitrogens with two attached hydrogens (primary N) is 1. The van der Waals surface area contributed by atoms with E-state index in [0.717, 1.165) is 5.56 Å². The Balaban J connectivity index is 2.04. The van der Waals surface area contributed by atoms with Crippen LogP contribution in [0.1, 0.15) is 18.9 Å². The first-order chi connectivity index (χ1) is 8.42. The number of halogens is 1. The molecule has 6 heteroatoms. The highest BCUT2D eigenvalue weighted by molar-refractivity contribution is 6.06. The minimum atomic E-state index is -0.986. The van der Waals surface area contributed by atoms with Crippen molar-refractivity contribution < 1.29 is 14.0 Å². The fraction of sp³-hybridized carbons (Fsp3) is 0.333. The summed E-state index contributed by atoms with van der Waals surface area (Å²) in [4.78, 5) is 23.0. The molecule has 1 aromatic rings. The van der Waals surface area contributed by atoms with Gasteiger partial charge in [-0.3, -0.25) is 4.79 Å². The predicted octanol–water partition coefficient (Wildman–Crippen LogP) is 0.942. The number of aryl methyl sites for hydroxylation is 1. The van der Waals surface area contributed by atoms with Gasteiger partial charge in [0.15, 0.2) is 0 Å². The Labute approximate surface area is 104 Å². The van der Waals surface area contributed by atoms with Crippen LogP contribution >= 0.6 is 0 Å². The highest BCUT2D eigenvalue weighted by Crippen LogP contribution is 2.21. The molecule has 2 rings (SSSR count). The molecule has 1 unspecified atom stereocenters. The van der Waals surface area contributed by atoms with E-state index < -0.39 is 17.5 Å². The number of carbonyl (C=O) groups is 2. The standard InChI is InChI=1S/C12H14FN3O2/c1-12(10(17)16(14)11(18)15-12)7-6-8-2-4-9(13)5-3-8/h2-5H,6-7,14H2,1H3,(H,15,18). The third-order valence-electron chi connectivity index (χ3n) is 3.12. The Hall–Kier alpha value is -1.95. The van der Waals surface area contributed by atoms with Crippen LogP contribution in [0, 0.1) is 5.82 Å². The van der Waals surface area contributed by atoms with Gasteiger partial charge in [0.2, 0.25) is 0 Å². The number of amides is 3. The largest absolute Gasteiger partial charge is 0.339 e. The number of hydrazine groups is 1. The molecule has 1 fully saturated rings. The summed E-state index contributed by atoms with van der Waals surface area (Å²) < 4.78 is 12.7. The molecule has 0 saturated carbocycles. The normalized spacial score (nSPS) is 23.4. The van der Waals surface area contributed by atoms with Gasteiger partial charge in [0.05, 0.1) is 0 Å². The number of hydrogen-bond donors (Lipinski definition) is 2. The Morgan fingerprint density at radius 2 is 1.94 bits per heavy atom. The maximum atomic E-state index is 12.7. The Morgan fingerprint density at radius 3 is 2.44 bits per heavy atom. The van der Waals surface area contributed by atoms with Crippen molar-refractivity contribution in [3.8, 4) is 0 Å². The molecule has 0 aromatic heterocycles. The lowest BCUT2D eigenvalue weighted by atomic mass is 9.93. The summed E-state index contributed by atoms with van der Waals surface area (Å²) in [5, 5.41) is 3.14. The van der Waals surface area contributed by atoms with Crippen LogP contribution in [0.3, 0.4) is 0 Å². The molecule has 0 radical (unpaired) electrons. The average molecular weight is 251 g/mol. The van der Waals surface area contributed by atoms with Gasteiger partial charge in [-0.15, -0.1) is 0 Å². The lowest BCUT2D eigenvalue weighted by Gasteiger charge is -2.20. The van der Waals surface area contributed by atoms with Gasteiger partial charge in [-0.05, 0) is 37.5 Å². The zero-order chi connectivity index (χ0) is 13.3. The highest BCUT2D eigenvalue weighted by Gasteiger charge is 2.46. The fourth-order valence-electron chi connectivity index (χ4n) is 1.92. The molecule has 1 aliphatic heterocycles. The molecule has 96 valence electrons. The van der Waals surface area contributed by atoms with Crippen LogP contribution in [0.5, 0.6) is 0 Å². The quantitative estimate of drug-likeness (QED) is 0.477. The van der Waals surface area contributed by atoms with Crippen LogP contribution in [-0.4, -0.2) is 22.5 Å². The van der Waals surface area contributed by atoms with Gasteiger partial charge in [-0.2, -0.15) is 5.01 Å². The number of urea groups is 1. The Kier molecular flexibility index (Phi) is 3.04. The number of nitrogens with one attached hydrogen (secondary N) is 1. The molecule has 0 aliphatic carbocycles. The minimum absolute atomic E-state index is 0.302. The number of imide groups is 1. The van der Waals surface area contributed by atoms with Crippen molar-refractivity contribution in [2.45, 2.75) is 25.3 Å². The van der Waals surface area contributed by atoms with E-state index >= 15 is 0 Å².